The molecule has 0 bridgehead atoms. The number of carboxylic acids is 1. The highest BCUT2D eigenvalue weighted by molar-refractivity contribution is 7.91. The summed E-state index contributed by atoms with van der Waals surface area (Å²) in [6.45, 7) is 0.0411. The van der Waals surface area contributed by atoms with Gasteiger partial charge >= 0.3 is 5.97 Å². The lowest BCUT2D eigenvalue weighted by Crippen LogP contribution is -2.23. The maximum absolute atomic E-state index is 11.2. The lowest BCUT2D eigenvalue weighted by atomic mass is 10.1. The van der Waals surface area contributed by atoms with Gasteiger partial charge in [-0.05, 0) is 12.3 Å². The Balaban J connectivity index is 1.82. The van der Waals surface area contributed by atoms with Gasteiger partial charge in [0.25, 0.3) is 0 Å². The summed E-state index contributed by atoms with van der Waals surface area (Å²) < 4.78 is 32.7. The van der Waals surface area contributed by atoms with Gasteiger partial charge in [0, 0.05) is 6.42 Å². The molecule has 16 heavy (non-hydrogen) atoms. The predicted molar refractivity (Wildman–Crippen MR) is 53.6 cm³/mol. The van der Waals surface area contributed by atoms with Gasteiger partial charge < -0.3 is 14.6 Å². The molecular weight excluding hydrogens is 236 g/mol. The molecule has 0 aliphatic carbocycles. The number of ether oxygens (including phenoxy) is 2. The molecule has 1 N–H and O–H groups in total. The maximum atomic E-state index is 11.2. The van der Waals surface area contributed by atoms with Crippen molar-refractivity contribution in [3.63, 3.8) is 0 Å². The van der Waals surface area contributed by atoms with Crippen molar-refractivity contribution < 1.29 is 27.8 Å². The van der Waals surface area contributed by atoms with Crippen molar-refractivity contribution >= 4 is 15.8 Å². The van der Waals surface area contributed by atoms with E-state index in [1.54, 1.807) is 0 Å². The number of hydrogen-bond acceptors (Lipinski definition) is 5. The molecule has 0 aromatic rings. The normalized spacial score (nSPS) is 37.6. The van der Waals surface area contributed by atoms with Crippen LogP contribution < -0.4 is 0 Å². The molecule has 0 amide bonds. The third-order valence-corrected chi connectivity index (χ3v) is 4.71. The van der Waals surface area contributed by atoms with E-state index in [0.717, 1.165) is 0 Å². The summed E-state index contributed by atoms with van der Waals surface area (Å²) in [6.07, 6.45) is -0.408. The van der Waals surface area contributed by atoms with Crippen molar-refractivity contribution in [1.82, 2.24) is 0 Å². The van der Waals surface area contributed by atoms with Gasteiger partial charge in [-0.15, -0.1) is 0 Å². The molecule has 3 unspecified atom stereocenters. The molecule has 6 nitrogen and oxygen atoms in total. The molecule has 0 aromatic carbocycles. The molecule has 3 atom stereocenters. The highest BCUT2D eigenvalue weighted by Crippen LogP contribution is 2.26. The molecule has 2 aliphatic heterocycles. The molecule has 0 radical (unpaired) electrons. The molecular formula is C9H14O6S. The van der Waals surface area contributed by atoms with Crippen LogP contribution in [0.4, 0.5) is 0 Å². The van der Waals surface area contributed by atoms with Crippen molar-refractivity contribution in [1.29, 1.82) is 0 Å². The Labute approximate surface area is 93.5 Å². The van der Waals surface area contributed by atoms with Crippen LogP contribution in [0.1, 0.15) is 12.8 Å². The molecule has 2 heterocycles. The molecule has 92 valence electrons. The number of aliphatic carboxylic acids is 1. The summed E-state index contributed by atoms with van der Waals surface area (Å²) in [7, 11) is -2.89. The Morgan fingerprint density at radius 3 is 2.69 bits per heavy atom. The van der Waals surface area contributed by atoms with Gasteiger partial charge in [-0.1, -0.05) is 0 Å². The minimum atomic E-state index is -2.89. The van der Waals surface area contributed by atoms with E-state index in [2.05, 4.69) is 0 Å². The van der Waals surface area contributed by atoms with Gasteiger partial charge in [-0.2, -0.15) is 0 Å². The summed E-state index contributed by atoms with van der Waals surface area (Å²) in [4.78, 5) is 10.6. The van der Waals surface area contributed by atoms with Gasteiger partial charge in [-0.25, -0.2) is 13.2 Å². The van der Waals surface area contributed by atoms with E-state index in [0.29, 0.717) is 12.8 Å². The zero-order chi connectivity index (χ0) is 11.8. The smallest absolute Gasteiger partial charge is 0.335 e. The summed E-state index contributed by atoms with van der Waals surface area (Å²) in [5.74, 6) is -0.634. The maximum Gasteiger partial charge on any atom is 0.335 e. The third-order valence-electron chi connectivity index (χ3n) is 2.88. The SMILES string of the molecule is O=C(O)C1COC(CC2CCS(=O)(=O)C2)O1. The van der Waals surface area contributed by atoms with Gasteiger partial charge in [0.2, 0.25) is 0 Å². The van der Waals surface area contributed by atoms with Crippen molar-refractivity contribution in [2.45, 2.75) is 25.2 Å². The number of rotatable bonds is 3. The van der Waals surface area contributed by atoms with Crippen LogP contribution in [0.5, 0.6) is 0 Å². The largest absolute Gasteiger partial charge is 0.479 e. The van der Waals surface area contributed by atoms with Crippen LogP contribution >= 0.6 is 0 Å². The minimum absolute atomic E-state index is 0.0301. The van der Waals surface area contributed by atoms with Gasteiger partial charge in [0.05, 0.1) is 18.1 Å². The number of carbonyl (C=O) groups is 1. The first kappa shape index (κ1) is 11.8. The first-order valence-corrected chi connectivity index (χ1v) is 6.99. The zero-order valence-electron chi connectivity index (χ0n) is 8.66. The standard InChI is InChI=1S/C9H14O6S/c10-9(11)7-4-14-8(15-7)3-6-1-2-16(12,13)5-6/h6-8H,1-5H2,(H,10,11). The van der Waals surface area contributed by atoms with Crippen LogP contribution in [0.25, 0.3) is 0 Å². The molecule has 2 fully saturated rings. The zero-order valence-corrected chi connectivity index (χ0v) is 9.48. The predicted octanol–water partition coefficient (Wildman–Crippen LogP) is -0.363. The van der Waals surface area contributed by atoms with Crippen molar-refractivity contribution in [3.8, 4) is 0 Å². The number of hydrogen-bond donors (Lipinski definition) is 1. The lowest BCUT2D eigenvalue weighted by molar-refractivity contribution is -0.151. The first-order chi connectivity index (χ1) is 7.46. The second-order valence-corrected chi connectivity index (χ2v) is 6.46. The van der Waals surface area contributed by atoms with E-state index in [-0.39, 0.29) is 24.0 Å². The van der Waals surface area contributed by atoms with E-state index >= 15 is 0 Å². The minimum Gasteiger partial charge on any atom is -0.479 e. The fourth-order valence-corrected chi connectivity index (χ4v) is 3.92. The van der Waals surface area contributed by atoms with E-state index in [1.807, 2.05) is 0 Å². The van der Waals surface area contributed by atoms with Crippen LogP contribution in [0, 0.1) is 5.92 Å². The Kier molecular flexibility index (Phi) is 3.18. The van der Waals surface area contributed by atoms with Crippen LogP contribution in [0.3, 0.4) is 0 Å². The second kappa shape index (κ2) is 4.31. The monoisotopic (exact) mass is 250 g/mol. The quantitative estimate of drug-likeness (QED) is 0.735. The molecule has 0 spiro atoms. The van der Waals surface area contributed by atoms with Gasteiger partial charge in [0.1, 0.15) is 0 Å². The lowest BCUT2D eigenvalue weighted by Gasteiger charge is -2.13. The fourth-order valence-electron chi connectivity index (χ4n) is 2.04. The topological polar surface area (TPSA) is 89.9 Å². The summed E-state index contributed by atoms with van der Waals surface area (Å²) in [5, 5.41) is 8.67. The molecule has 7 heteroatoms. The van der Waals surface area contributed by atoms with Crippen molar-refractivity contribution in [2.75, 3.05) is 18.1 Å². The van der Waals surface area contributed by atoms with E-state index in [9.17, 15) is 13.2 Å². The van der Waals surface area contributed by atoms with E-state index < -0.39 is 28.2 Å². The average molecular weight is 250 g/mol. The Bertz CT molecular complexity index is 375. The van der Waals surface area contributed by atoms with Gasteiger partial charge in [-0.3, -0.25) is 0 Å². The van der Waals surface area contributed by atoms with Crippen molar-refractivity contribution in [2.24, 2.45) is 5.92 Å². The van der Waals surface area contributed by atoms with Crippen LogP contribution in [-0.4, -0.2) is 50.0 Å². The van der Waals surface area contributed by atoms with E-state index in [4.69, 9.17) is 14.6 Å². The first-order valence-electron chi connectivity index (χ1n) is 5.16. The summed E-state index contributed by atoms with van der Waals surface area (Å²) >= 11 is 0. The Morgan fingerprint density at radius 1 is 1.44 bits per heavy atom. The fraction of sp³-hybridized carbons (Fsp3) is 0.889. The molecule has 0 saturated carbocycles. The molecule has 2 aliphatic rings. The molecule has 2 saturated heterocycles. The number of sulfone groups is 1. The summed E-state index contributed by atoms with van der Waals surface area (Å²) in [5.41, 5.74) is 0. The number of carboxylic acid groups (broad SMARTS) is 1. The Hall–Kier alpha value is -0.660. The van der Waals surface area contributed by atoms with Crippen LogP contribution in [0.2, 0.25) is 0 Å². The third kappa shape index (κ3) is 2.72. The molecule has 2 rings (SSSR count). The molecule has 0 aromatic heterocycles. The second-order valence-electron chi connectivity index (χ2n) is 4.23. The highest BCUT2D eigenvalue weighted by Gasteiger charge is 2.36. The van der Waals surface area contributed by atoms with Crippen molar-refractivity contribution in [3.05, 3.63) is 0 Å². The highest BCUT2D eigenvalue weighted by atomic mass is 32.2. The van der Waals surface area contributed by atoms with Crippen LogP contribution in [0.15, 0.2) is 0 Å². The summed E-state index contributed by atoms with van der Waals surface area (Å²) in [6, 6.07) is 0. The van der Waals surface area contributed by atoms with E-state index in [1.165, 1.54) is 0 Å². The van der Waals surface area contributed by atoms with Gasteiger partial charge in [0.15, 0.2) is 22.2 Å². The average Bonchev–Trinajstić information content (AvgIpc) is 2.73. The Morgan fingerprint density at radius 2 is 2.19 bits per heavy atom. The van der Waals surface area contributed by atoms with Crippen LogP contribution in [-0.2, 0) is 24.1 Å².